The van der Waals surface area contributed by atoms with Crippen molar-refractivity contribution in [1.29, 1.82) is 0 Å². The van der Waals surface area contributed by atoms with Crippen molar-refractivity contribution in [3.8, 4) is 0 Å². The fourth-order valence-electron chi connectivity index (χ4n) is 4.18. The van der Waals surface area contributed by atoms with Crippen molar-refractivity contribution >= 4 is 34.6 Å². The molecule has 43 heavy (non-hydrogen) atoms. The number of carbonyl (C=O) groups is 2. The van der Waals surface area contributed by atoms with E-state index >= 15 is 0 Å². The Bertz CT molecular complexity index is 1330. The Hall–Kier alpha value is -3.31. The monoisotopic (exact) mass is 608 g/mol. The quantitative estimate of drug-likeness (QED) is 0.162. The minimum Gasteiger partial charge on any atom is -0.369 e. The zero-order valence-electron chi connectivity index (χ0n) is 27.7. The summed E-state index contributed by atoms with van der Waals surface area (Å²) in [4.78, 5) is 30.9. The van der Waals surface area contributed by atoms with Crippen LogP contribution < -0.4 is 0 Å². The van der Waals surface area contributed by atoms with Gasteiger partial charge in [0.25, 0.3) is 0 Å². The molecule has 0 saturated carbocycles. The number of nitrogens with zero attached hydrogens (tertiary/aromatic N) is 2. The number of halogens is 2. The van der Waals surface area contributed by atoms with E-state index in [-0.39, 0.29) is 22.9 Å². The lowest BCUT2D eigenvalue weighted by Crippen LogP contribution is -2.37. The topological polar surface area (TPSA) is 49.7 Å². The van der Waals surface area contributed by atoms with Gasteiger partial charge in [-0.3, -0.25) is 14.6 Å². The number of allylic oxidation sites excluding steroid dienone is 4. The van der Waals surface area contributed by atoms with Gasteiger partial charge in [-0.25, -0.2) is 4.39 Å². The highest BCUT2D eigenvalue weighted by Crippen LogP contribution is 2.30. The van der Waals surface area contributed by atoms with Gasteiger partial charge in [-0.05, 0) is 100 Å². The fourth-order valence-corrected chi connectivity index (χ4v) is 4.39. The summed E-state index contributed by atoms with van der Waals surface area (Å²) in [6.45, 7) is 18.1. The van der Waals surface area contributed by atoms with Crippen LogP contribution in [0.25, 0.3) is 5.70 Å². The van der Waals surface area contributed by atoms with Gasteiger partial charge >= 0.3 is 0 Å². The summed E-state index contributed by atoms with van der Waals surface area (Å²) in [5.41, 5.74) is 4.44. The van der Waals surface area contributed by atoms with Crippen molar-refractivity contribution in [2.45, 2.75) is 93.5 Å². The van der Waals surface area contributed by atoms with E-state index in [2.05, 4.69) is 51.4 Å². The molecule has 0 radical (unpaired) electrons. The summed E-state index contributed by atoms with van der Waals surface area (Å²) in [6, 6.07) is 11.9. The van der Waals surface area contributed by atoms with Gasteiger partial charge in [0.2, 0.25) is 5.78 Å². The molecule has 0 spiro atoms. The van der Waals surface area contributed by atoms with Gasteiger partial charge in [0.1, 0.15) is 5.82 Å². The normalized spacial score (nSPS) is 15.0. The predicted octanol–water partition coefficient (Wildman–Crippen LogP) is 10.3. The SMILES string of the molecule is CC.CCC/C=C/C(C(C)=O)=C(/c1ccc(F)cc1)N(C)C(C)(C)C.CCc1ccc(Cl)c(C(=O)C2=NC=CC(C)C2)c1. The molecule has 0 bridgehead atoms. The molecule has 1 heterocycles. The molecule has 6 heteroatoms. The van der Waals surface area contributed by atoms with Crippen LogP contribution in [0.4, 0.5) is 4.39 Å². The van der Waals surface area contributed by atoms with Crippen LogP contribution in [0.15, 0.2) is 77.5 Å². The Kier molecular flexibility index (Phi) is 16.1. The highest BCUT2D eigenvalue weighted by atomic mass is 35.5. The molecule has 0 aromatic heterocycles. The van der Waals surface area contributed by atoms with Gasteiger partial charge in [0.15, 0.2) is 5.78 Å². The lowest BCUT2D eigenvalue weighted by atomic mass is 9.95. The number of unbranched alkanes of at least 4 members (excludes halogenated alkanes) is 1. The largest absolute Gasteiger partial charge is 0.369 e. The molecule has 0 aliphatic carbocycles. The van der Waals surface area contributed by atoms with Crippen molar-refractivity contribution in [1.82, 2.24) is 4.90 Å². The van der Waals surface area contributed by atoms with E-state index in [1.807, 2.05) is 51.3 Å². The van der Waals surface area contributed by atoms with Crippen LogP contribution in [0.1, 0.15) is 103 Å². The Morgan fingerprint density at radius 3 is 2.23 bits per heavy atom. The second kappa shape index (κ2) is 18.4. The van der Waals surface area contributed by atoms with E-state index in [0.29, 0.717) is 34.2 Å². The summed E-state index contributed by atoms with van der Waals surface area (Å²) in [7, 11) is 1.97. The van der Waals surface area contributed by atoms with Gasteiger partial charge in [-0.1, -0.05) is 76.9 Å². The lowest BCUT2D eigenvalue weighted by Gasteiger charge is -2.37. The van der Waals surface area contributed by atoms with E-state index in [1.165, 1.54) is 12.1 Å². The van der Waals surface area contributed by atoms with E-state index in [4.69, 9.17) is 11.6 Å². The molecule has 0 amide bonds. The van der Waals surface area contributed by atoms with Crippen LogP contribution in [0.5, 0.6) is 0 Å². The number of ketones is 2. The number of hydrogen-bond acceptors (Lipinski definition) is 4. The van der Waals surface area contributed by atoms with Crippen LogP contribution >= 0.6 is 11.6 Å². The minimum atomic E-state index is -0.280. The fraction of sp³-hybridized carbons (Fsp3) is 0.432. The average molecular weight is 609 g/mol. The highest BCUT2D eigenvalue weighted by molar-refractivity contribution is 6.49. The van der Waals surface area contributed by atoms with Crippen molar-refractivity contribution in [3.05, 3.63) is 100.0 Å². The first-order valence-electron chi connectivity index (χ1n) is 15.3. The zero-order chi connectivity index (χ0) is 32.7. The number of rotatable bonds is 9. The van der Waals surface area contributed by atoms with Crippen LogP contribution in [0.2, 0.25) is 5.02 Å². The molecule has 0 saturated heterocycles. The molecule has 4 nitrogen and oxygen atoms in total. The standard InChI is InChI=1S/C20H28FNO.C15H16ClNO.C2H6/c1-7-8-9-10-18(15(2)23)19(22(6)20(3,4)5)16-11-13-17(21)14-12-16;1-3-11-4-5-13(16)12(9-11)15(18)14-8-10(2)6-7-17-14;1-2/h9-14H,7-8H2,1-6H3;4-7,9-10H,3,8H2,1-2H3;1-2H3/b10-9+,19-18+;;. The van der Waals surface area contributed by atoms with Crippen LogP contribution in [-0.2, 0) is 11.2 Å². The molecule has 1 unspecified atom stereocenters. The number of Topliss-reactive ketones (excluding diaryl/α,β-unsaturated/α-hetero) is 2. The number of carbonyl (C=O) groups excluding carboxylic acids is 2. The maximum Gasteiger partial charge on any atom is 0.208 e. The van der Waals surface area contributed by atoms with Crippen molar-refractivity contribution in [3.63, 3.8) is 0 Å². The first-order valence-corrected chi connectivity index (χ1v) is 15.7. The number of aryl methyl sites for hydroxylation is 1. The highest BCUT2D eigenvalue weighted by Gasteiger charge is 2.24. The summed E-state index contributed by atoms with van der Waals surface area (Å²) in [6.07, 6.45) is 11.2. The first-order chi connectivity index (χ1) is 20.3. The third-order valence-corrected chi connectivity index (χ3v) is 7.27. The molecule has 2 aromatic carbocycles. The maximum atomic E-state index is 13.3. The molecule has 234 valence electrons. The van der Waals surface area contributed by atoms with Gasteiger partial charge in [-0.2, -0.15) is 0 Å². The van der Waals surface area contributed by atoms with Gasteiger partial charge < -0.3 is 4.90 Å². The summed E-state index contributed by atoms with van der Waals surface area (Å²) < 4.78 is 13.3. The molecular formula is C37H50ClFN2O2. The minimum absolute atomic E-state index is 0.00720. The number of hydrogen-bond donors (Lipinski definition) is 0. The summed E-state index contributed by atoms with van der Waals surface area (Å²) >= 11 is 6.11. The van der Waals surface area contributed by atoms with Gasteiger partial charge in [-0.15, -0.1) is 0 Å². The Morgan fingerprint density at radius 2 is 1.72 bits per heavy atom. The third kappa shape index (κ3) is 11.7. The molecule has 0 N–H and O–H groups in total. The van der Waals surface area contributed by atoms with E-state index in [1.54, 1.807) is 31.3 Å². The Balaban J connectivity index is 0.000000416. The van der Waals surface area contributed by atoms with Crippen LogP contribution in [0.3, 0.4) is 0 Å². The second-order valence-electron chi connectivity index (χ2n) is 11.3. The van der Waals surface area contributed by atoms with Crippen molar-refractivity contribution in [2.24, 2.45) is 10.9 Å². The average Bonchev–Trinajstić information content (AvgIpc) is 2.98. The molecule has 0 fully saturated rings. The van der Waals surface area contributed by atoms with E-state index in [9.17, 15) is 14.0 Å². The van der Waals surface area contributed by atoms with Gasteiger partial charge in [0, 0.05) is 29.9 Å². The zero-order valence-corrected chi connectivity index (χ0v) is 28.5. The van der Waals surface area contributed by atoms with E-state index in [0.717, 1.165) is 36.1 Å². The molecule has 1 atom stereocenters. The Labute approximate surface area is 264 Å². The van der Waals surface area contributed by atoms with E-state index < -0.39 is 0 Å². The summed E-state index contributed by atoms with van der Waals surface area (Å²) in [5, 5.41) is 0.502. The molecule has 1 aliphatic rings. The summed E-state index contributed by atoms with van der Waals surface area (Å²) in [5.74, 6) is 0.0336. The first kappa shape index (κ1) is 37.7. The third-order valence-electron chi connectivity index (χ3n) is 6.94. The molecule has 1 aliphatic heterocycles. The predicted molar refractivity (Wildman–Crippen MR) is 182 cm³/mol. The lowest BCUT2D eigenvalue weighted by molar-refractivity contribution is -0.113. The van der Waals surface area contributed by atoms with Crippen LogP contribution in [0, 0.1) is 11.7 Å². The number of aliphatic imine (C=N–C) groups is 1. The van der Waals surface area contributed by atoms with Gasteiger partial charge in [0.05, 0.1) is 16.4 Å². The van der Waals surface area contributed by atoms with Crippen molar-refractivity contribution < 1.29 is 14.0 Å². The van der Waals surface area contributed by atoms with Crippen molar-refractivity contribution in [2.75, 3.05) is 7.05 Å². The molecule has 2 aromatic rings. The smallest absolute Gasteiger partial charge is 0.208 e. The Morgan fingerprint density at radius 1 is 1.09 bits per heavy atom. The second-order valence-corrected chi connectivity index (χ2v) is 11.7. The maximum absolute atomic E-state index is 13.3. The molecule has 3 rings (SSSR count). The number of benzene rings is 2. The van der Waals surface area contributed by atoms with Crippen LogP contribution in [-0.4, -0.2) is 34.8 Å². The molecular weight excluding hydrogens is 559 g/mol.